The van der Waals surface area contributed by atoms with Crippen molar-refractivity contribution >= 4 is 28.8 Å². The molecule has 178 valence electrons. The van der Waals surface area contributed by atoms with E-state index in [-0.39, 0.29) is 17.6 Å². The summed E-state index contributed by atoms with van der Waals surface area (Å²) in [4.78, 5) is 37.6. The first-order valence-electron chi connectivity index (χ1n) is 11.2. The first-order chi connectivity index (χ1) is 16.5. The molecule has 2 aromatic carbocycles. The predicted octanol–water partition coefficient (Wildman–Crippen LogP) is 4.73. The monoisotopic (exact) mass is 479 g/mol. The lowest BCUT2D eigenvalue weighted by Crippen LogP contribution is -2.40. The third kappa shape index (κ3) is 7.63. The maximum absolute atomic E-state index is 13.3. The van der Waals surface area contributed by atoms with Gasteiger partial charge in [-0.05, 0) is 36.6 Å². The summed E-state index contributed by atoms with van der Waals surface area (Å²) in [5.74, 6) is -0.130. The molecule has 1 aromatic heterocycles. The fraction of sp³-hybridized carbons (Fsp3) is 0.296. The number of hydrogen-bond donors (Lipinski definition) is 1. The highest BCUT2D eigenvalue weighted by molar-refractivity contribution is 8.13. The van der Waals surface area contributed by atoms with Gasteiger partial charge in [-0.15, -0.1) is 0 Å². The van der Waals surface area contributed by atoms with Crippen molar-refractivity contribution in [1.29, 1.82) is 0 Å². The third-order valence-corrected chi connectivity index (χ3v) is 6.16. The Morgan fingerprint density at radius 1 is 0.941 bits per heavy atom. The number of carbonyl (C=O) groups is 3. The Labute approximate surface area is 204 Å². The van der Waals surface area contributed by atoms with Gasteiger partial charge in [-0.2, -0.15) is 0 Å². The van der Waals surface area contributed by atoms with Crippen LogP contribution in [-0.4, -0.2) is 29.4 Å². The number of furan rings is 1. The molecular formula is C27H29NO5S. The highest BCUT2D eigenvalue weighted by Crippen LogP contribution is 2.23. The van der Waals surface area contributed by atoms with E-state index in [0.29, 0.717) is 30.1 Å². The zero-order valence-corrected chi connectivity index (χ0v) is 20.2. The maximum Gasteiger partial charge on any atom is 0.336 e. The highest BCUT2D eigenvalue weighted by atomic mass is 32.2. The molecule has 2 atom stereocenters. The first kappa shape index (κ1) is 25.3. The van der Waals surface area contributed by atoms with Crippen molar-refractivity contribution in [1.82, 2.24) is 5.32 Å². The zero-order valence-electron chi connectivity index (χ0n) is 19.4. The largest absolute Gasteiger partial charge is 0.464 e. The Balaban J connectivity index is 1.78. The van der Waals surface area contributed by atoms with Crippen LogP contribution in [0.15, 0.2) is 77.2 Å². The van der Waals surface area contributed by atoms with Crippen LogP contribution in [0.1, 0.15) is 42.5 Å². The van der Waals surface area contributed by atoms with Gasteiger partial charge in [0.2, 0.25) is 5.91 Å². The maximum atomic E-state index is 13.3. The summed E-state index contributed by atoms with van der Waals surface area (Å²) in [6.07, 6.45) is 1.01. The van der Waals surface area contributed by atoms with E-state index in [1.165, 1.54) is 6.92 Å². The van der Waals surface area contributed by atoms with Gasteiger partial charge in [0.05, 0.1) is 12.5 Å². The van der Waals surface area contributed by atoms with Crippen molar-refractivity contribution in [2.75, 3.05) is 12.4 Å². The molecule has 1 heterocycles. The fourth-order valence-corrected chi connectivity index (χ4v) is 4.22. The lowest BCUT2D eigenvalue weighted by Gasteiger charge is -2.20. The molecule has 0 aliphatic heterocycles. The van der Waals surface area contributed by atoms with Crippen LogP contribution >= 0.6 is 11.8 Å². The van der Waals surface area contributed by atoms with E-state index in [1.807, 2.05) is 60.7 Å². The van der Waals surface area contributed by atoms with Gasteiger partial charge in [0.25, 0.3) is 0 Å². The molecule has 0 saturated heterocycles. The molecule has 0 aliphatic rings. The Bertz CT molecular complexity index is 1080. The van der Waals surface area contributed by atoms with E-state index < -0.39 is 17.9 Å². The summed E-state index contributed by atoms with van der Waals surface area (Å²) in [7, 11) is 0. The fourth-order valence-electron chi connectivity index (χ4n) is 3.52. The lowest BCUT2D eigenvalue weighted by atomic mass is 9.99. The third-order valence-electron chi connectivity index (χ3n) is 5.18. The summed E-state index contributed by atoms with van der Waals surface area (Å²) >= 11 is 1.09. The molecule has 0 saturated carbocycles. The number of ether oxygens (including phenoxy) is 1. The second-order valence-corrected chi connectivity index (χ2v) is 9.05. The van der Waals surface area contributed by atoms with E-state index >= 15 is 0 Å². The molecule has 0 aliphatic carbocycles. The summed E-state index contributed by atoms with van der Waals surface area (Å²) in [5.41, 5.74) is 2.05. The molecule has 34 heavy (non-hydrogen) atoms. The normalized spacial score (nSPS) is 12.5. The average molecular weight is 480 g/mol. The number of esters is 1. The van der Waals surface area contributed by atoms with Crippen molar-refractivity contribution in [3.05, 3.63) is 95.4 Å². The van der Waals surface area contributed by atoms with Crippen molar-refractivity contribution in [3.63, 3.8) is 0 Å². The second-order valence-electron chi connectivity index (χ2n) is 7.85. The van der Waals surface area contributed by atoms with Crippen LogP contribution in [0.4, 0.5) is 0 Å². The quantitative estimate of drug-likeness (QED) is 0.400. The minimum Gasteiger partial charge on any atom is -0.464 e. The Morgan fingerprint density at radius 2 is 1.59 bits per heavy atom. The van der Waals surface area contributed by atoms with Gasteiger partial charge in [-0.1, -0.05) is 72.4 Å². The molecule has 2 unspecified atom stereocenters. The van der Waals surface area contributed by atoms with Crippen molar-refractivity contribution in [2.24, 2.45) is 5.92 Å². The predicted molar refractivity (Wildman–Crippen MR) is 132 cm³/mol. The highest BCUT2D eigenvalue weighted by Gasteiger charge is 2.30. The molecule has 0 bridgehead atoms. The average Bonchev–Trinajstić information content (AvgIpc) is 3.29. The molecule has 0 spiro atoms. The van der Waals surface area contributed by atoms with Gasteiger partial charge in [0.15, 0.2) is 11.2 Å². The molecule has 1 amide bonds. The first-order valence-corrected chi connectivity index (χ1v) is 12.2. The summed E-state index contributed by atoms with van der Waals surface area (Å²) < 4.78 is 11.1. The van der Waals surface area contributed by atoms with E-state index in [0.717, 1.165) is 22.9 Å². The zero-order chi connectivity index (χ0) is 24.3. The van der Waals surface area contributed by atoms with Crippen LogP contribution < -0.4 is 5.32 Å². The molecule has 7 heteroatoms. The number of carbonyl (C=O) groups excluding carboxylic acids is 3. The summed E-state index contributed by atoms with van der Waals surface area (Å²) in [5, 5.41) is 2.74. The number of amides is 1. The van der Waals surface area contributed by atoms with E-state index in [9.17, 15) is 14.4 Å². The second kappa shape index (κ2) is 12.8. The van der Waals surface area contributed by atoms with Gasteiger partial charge >= 0.3 is 5.97 Å². The summed E-state index contributed by atoms with van der Waals surface area (Å²) in [6, 6.07) is 21.8. The van der Waals surface area contributed by atoms with Gasteiger partial charge < -0.3 is 14.5 Å². The molecule has 3 rings (SSSR count). The number of rotatable bonds is 11. The number of thioether (sulfide) groups is 1. The van der Waals surface area contributed by atoms with E-state index in [4.69, 9.17) is 9.15 Å². The lowest BCUT2D eigenvalue weighted by molar-refractivity contribution is -0.148. The van der Waals surface area contributed by atoms with Gasteiger partial charge in [0, 0.05) is 19.1 Å². The van der Waals surface area contributed by atoms with Gasteiger partial charge in [0.1, 0.15) is 11.5 Å². The smallest absolute Gasteiger partial charge is 0.336 e. The van der Waals surface area contributed by atoms with Gasteiger partial charge in [-0.3, -0.25) is 9.59 Å². The van der Waals surface area contributed by atoms with Crippen LogP contribution in [0.25, 0.3) is 0 Å². The van der Waals surface area contributed by atoms with Crippen molar-refractivity contribution in [3.8, 4) is 0 Å². The Kier molecular flexibility index (Phi) is 9.52. The molecular weight excluding hydrogens is 450 g/mol. The Hall–Kier alpha value is -3.32. The van der Waals surface area contributed by atoms with Crippen LogP contribution in [0.3, 0.4) is 0 Å². The number of hydrogen-bond acceptors (Lipinski definition) is 6. The van der Waals surface area contributed by atoms with Crippen molar-refractivity contribution in [2.45, 2.75) is 32.7 Å². The van der Waals surface area contributed by atoms with E-state index in [1.54, 1.807) is 19.1 Å². The van der Waals surface area contributed by atoms with Crippen LogP contribution in [-0.2, 0) is 32.0 Å². The van der Waals surface area contributed by atoms with Crippen molar-refractivity contribution < 1.29 is 23.5 Å². The number of benzene rings is 2. The van der Waals surface area contributed by atoms with Crippen LogP contribution in [0, 0.1) is 5.92 Å². The van der Waals surface area contributed by atoms with E-state index in [2.05, 4.69) is 5.32 Å². The van der Waals surface area contributed by atoms with Gasteiger partial charge in [-0.25, -0.2) is 4.79 Å². The molecule has 1 N–H and O–H groups in total. The molecule has 0 fully saturated rings. The molecule has 6 nitrogen and oxygen atoms in total. The number of nitrogens with one attached hydrogen (secondary N) is 1. The minimum absolute atomic E-state index is 0.0654. The summed E-state index contributed by atoms with van der Waals surface area (Å²) in [6.45, 7) is 3.36. The SMILES string of the molecule is CCOC(=O)C(NC(=O)C(CSC(C)=O)Cc1ccccc1)c1ccc(Cc2ccccc2)o1. The molecule has 3 aromatic rings. The topological polar surface area (TPSA) is 85.6 Å². The Morgan fingerprint density at radius 3 is 2.21 bits per heavy atom. The molecule has 0 radical (unpaired) electrons. The minimum atomic E-state index is -1.07. The van der Waals surface area contributed by atoms with Crippen LogP contribution in [0.2, 0.25) is 0 Å². The standard InChI is InChI=1S/C27H29NO5S/c1-3-32-27(31)25(24-15-14-23(33-24)17-21-12-8-5-9-13-21)28-26(30)22(18-34-19(2)29)16-20-10-6-4-7-11-20/h4-15,22,25H,3,16-18H2,1-2H3,(H,28,30). The van der Waals surface area contributed by atoms with Crippen LogP contribution in [0.5, 0.6) is 0 Å².